The molecule has 0 saturated heterocycles. The van der Waals surface area contributed by atoms with Gasteiger partial charge in [0.1, 0.15) is 0 Å². The Balaban J connectivity index is 1.99. The third-order valence-electron chi connectivity index (χ3n) is 3.00. The SMILES string of the molecule is CC(C)(C)CCNCC1CCC(O)C1. The molecule has 2 heteroatoms. The van der Waals surface area contributed by atoms with Crippen LogP contribution in [0.25, 0.3) is 0 Å². The number of hydrogen-bond acceptors (Lipinski definition) is 2. The van der Waals surface area contributed by atoms with Crippen LogP contribution in [-0.2, 0) is 0 Å². The fourth-order valence-electron chi connectivity index (χ4n) is 2.00. The molecule has 2 atom stereocenters. The molecule has 1 aliphatic rings. The summed E-state index contributed by atoms with van der Waals surface area (Å²) < 4.78 is 0. The molecular formula is C12H25NO. The lowest BCUT2D eigenvalue weighted by Crippen LogP contribution is -2.25. The predicted molar refractivity (Wildman–Crippen MR) is 60.3 cm³/mol. The maximum Gasteiger partial charge on any atom is 0.0543 e. The van der Waals surface area contributed by atoms with Gasteiger partial charge in [-0.05, 0) is 50.1 Å². The van der Waals surface area contributed by atoms with Crippen molar-refractivity contribution in [1.82, 2.24) is 5.32 Å². The van der Waals surface area contributed by atoms with Crippen molar-refractivity contribution in [3.8, 4) is 0 Å². The Morgan fingerprint density at radius 3 is 2.50 bits per heavy atom. The lowest BCUT2D eigenvalue weighted by atomic mass is 9.92. The van der Waals surface area contributed by atoms with E-state index < -0.39 is 0 Å². The van der Waals surface area contributed by atoms with E-state index in [4.69, 9.17) is 0 Å². The first-order valence-electron chi connectivity index (χ1n) is 5.86. The second-order valence-corrected chi connectivity index (χ2v) is 5.85. The molecule has 0 aromatic carbocycles. The molecule has 0 aromatic rings. The van der Waals surface area contributed by atoms with Crippen molar-refractivity contribution in [3.05, 3.63) is 0 Å². The van der Waals surface area contributed by atoms with Gasteiger partial charge < -0.3 is 10.4 Å². The van der Waals surface area contributed by atoms with Crippen molar-refractivity contribution in [2.75, 3.05) is 13.1 Å². The van der Waals surface area contributed by atoms with Crippen LogP contribution in [0.1, 0.15) is 46.5 Å². The number of nitrogens with one attached hydrogen (secondary N) is 1. The van der Waals surface area contributed by atoms with Gasteiger partial charge in [0.2, 0.25) is 0 Å². The largest absolute Gasteiger partial charge is 0.393 e. The molecule has 0 aliphatic heterocycles. The van der Waals surface area contributed by atoms with Gasteiger partial charge in [0.25, 0.3) is 0 Å². The quantitative estimate of drug-likeness (QED) is 0.680. The highest BCUT2D eigenvalue weighted by atomic mass is 16.3. The van der Waals surface area contributed by atoms with Crippen molar-refractivity contribution in [3.63, 3.8) is 0 Å². The highest BCUT2D eigenvalue weighted by molar-refractivity contribution is 4.76. The monoisotopic (exact) mass is 199 g/mol. The average molecular weight is 199 g/mol. The summed E-state index contributed by atoms with van der Waals surface area (Å²) in [5.74, 6) is 0.713. The van der Waals surface area contributed by atoms with E-state index in [0.29, 0.717) is 11.3 Å². The summed E-state index contributed by atoms with van der Waals surface area (Å²) in [5.41, 5.74) is 0.433. The first kappa shape index (κ1) is 12.0. The zero-order valence-corrected chi connectivity index (χ0v) is 9.84. The summed E-state index contributed by atoms with van der Waals surface area (Å²) in [7, 11) is 0. The molecule has 84 valence electrons. The van der Waals surface area contributed by atoms with Gasteiger partial charge in [0.15, 0.2) is 0 Å². The Morgan fingerprint density at radius 1 is 1.29 bits per heavy atom. The second kappa shape index (κ2) is 5.13. The van der Waals surface area contributed by atoms with Crippen molar-refractivity contribution in [2.24, 2.45) is 11.3 Å². The molecule has 0 radical (unpaired) electrons. The summed E-state index contributed by atoms with van der Waals surface area (Å²) in [6.45, 7) is 9.01. The van der Waals surface area contributed by atoms with Gasteiger partial charge in [-0.3, -0.25) is 0 Å². The zero-order valence-electron chi connectivity index (χ0n) is 9.84. The fraction of sp³-hybridized carbons (Fsp3) is 1.00. The minimum absolute atomic E-state index is 0.0237. The molecule has 2 nitrogen and oxygen atoms in total. The van der Waals surface area contributed by atoms with Gasteiger partial charge in [-0.2, -0.15) is 0 Å². The highest BCUT2D eigenvalue weighted by Crippen LogP contribution is 2.24. The Hall–Kier alpha value is -0.0800. The fourth-order valence-corrected chi connectivity index (χ4v) is 2.00. The molecule has 0 bridgehead atoms. The number of rotatable bonds is 4. The van der Waals surface area contributed by atoms with E-state index in [9.17, 15) is 5.11 Å². The molecule has 1 fully saturated rings. The van der Waals surface area contributed by atoms with Crippen LogP contribution in [0.4, 0.5) is 0 Å². The summed E-state index contributed by atoms with van der Waals surface area (Å²) in [6.07, 6.45) is 4.41. The van der Waals surface area contributed by atoms with Gasteiger partial charge in [-0.25, -0.2) is 0 Å². The van der Waals surface area contributed by atoms with Crippen LogP contribution >= 0.6 is 0 Å². The smallest absolute Gasteiger partial charge is 0.0543 e. The van der Waals surface area contributed by atoms with Gasteiger partial charge in [-0.15, -0.1) is 0 Å². The normalized spacial score (nSPS) is 28.3. The van der Waals surface area contributed by atoms with Crippen LogP contribution in [0, 0.1) is 11.3 Å². The Morgan fingerprint density at radius 2 is 2.00 bits per heavy atom. The number of hydrogen-bond donors (Lipinski definition) is 2. The molecule has 1 aliphatic carbocycles. The van der Waals surface area contributed by atoms with Crippen molar-refractivity contribution in [1.29, 1.82) is 0 Å². The van der Waals surface area contributed by atoms with Crippen LogP contribution in [0.15, 0.2) is 0 Å². The Kier molecular flexibility index (Phi) is 4.39. The van der Waals surface area contributed by atoms with E-state index >= 15 is 0 Å². The second-order valence-electron chi connectivity index (χ2n) is 5.85. The van der Waals surface area contributed by atoms with Crippen LogP contribution < -0.4 is 5.32 Å². The van der Waals surface area contributed by atoms with Crippen molar-refractivity contribution < 1.29 is 5.11 Å². The van der Waals surface area contributed by atoms with Crippen LogP contribution in [0.5, 0.6) is 0 Å². The summed E-state index contributed by atoms with van der Waals surface area (Å²) in [5, 5.41) is 12.9. The molecule has 0 spiro atoms. The maximum atomic E-state index is 9.36. The third-order valence-corrected chi connectivity index (χ3v) is 3.00. The predicted octanol–water partition coefficient (Wildman–Crippen LogP) is 2.17. The highest BCUT2D eigenvalue weighted by Gasteiger charge is 2.22. The van der Waals surface area contributed by atoms with E-state index in [2.05, 4.69) is 26.1 Å². The van der Waals surface area contributed by atoms with Crippen LogP contribution in [0.3, 0.4) is 0 Å². The van der Waals surface area contributed by atoms with Crippen molar-refractivity contribution in [2.45, 2.75) is 52.6 Å². The molecule has 1 saturated carbocycles. The lowest BCUT2D eigenvalue weighted by Gasteiger charge is -2.19. The van der Waals surface area contributed by atoms with E-state index in [1.165, 1.54) is 12.8 Å². The summed E-state index contributed by atoms with van der Waals surface area (Å²) >= 11 is 0. The van der Waals surface area contributed by atoms with Gasteiger partial charge in [-0.1, -0.05) is 20.8 Å². The molecule has 2 N–H and O–H groups in total. The molecule has 2 unspecified atom stereocenters. The molecule has 1 rings (SSSR count). The maximum absolute atomic E-state index is 9.36. The molecule has 0 amide bonds. The lowest BCUT2D eigenvalue weighted by molar-refractivity contribution is 0.177. The van der Waals surface area contributed by atoms with Crippen LogP contribution in [0.2, 0.25) is 0 Å². The third kappa shape index (κ3) is 4.97. The summed E-state index contributed by atoms with van der Waals surface area (Å²) in [4.78, 5) is 0. The van der Waals surface area contributed by atoms with E-state index in [-0.39, 0.29) is 6.10 Å². The standard InChI is InChI=1S/C12H25NO/c1-12(2,3)6-7-13-9-10-4-5-11(14)8-10/h10-11,13-14H,4-9H2,1-3H3. The van der Waals surface area contributed by atoms with E-state index in [1.807, 2.05) is 0 Å². The Labute approximate surface area is 88.1 Å². The van der Waals surface area contributed by atoms with Gasteiger partial charge >= 0.3 is 0 Å². The van der Waals surface area contributed by atoms with Crippen molar-refractivity contribution >= 4 is 0 Å². The molecule has 0 heterocycles. The zero-order chi connectivity index (χ0) is 10.6. The van der Waals surface area contributed by atoms with Gasteiger partial charge in [0.05, 0.1) is 6.10 Å². The minimum atomic E-state index is -0.0237. The minimum Gasteiger partial charge on any atom is -0.393 e. The van der Waals surface area contributed by atoms with E-state index in [0.717, 1.165) is 25.9 Å². The Bertz CT molecular complexity index is 162. The number of aliphatic hydroxyl groups is 1. The number of aliphatic hydroxyl groups excluding tert-OH is 1. The molecule has 0 aromatic heterocycles. The first-order chi connectivity index (χ1) is 6.47. The van der Waals surface area contributed by atoms with Gasteiger partial charge in [0, 0.05) is 0 Å². The average Bonchev–Trinajstić information content (AvgIpc) is 2.44. The topological polar surface area (TPSA) is 32.3 Å². The molecule has 14 heavy (non-hydrogen) atoms. The van der Waals surface area contributed by atoms with Crippen LogP contribution in [-0.4, -0.2) is 24.3 Å². The van der Waals surface area contributed by atoms with E-state index in [1.54, 1.807) is 0 Å². The molecular weight excluding hydrogens is 174 g/mol. The first-order valence-corrected chi connectivity index (χ1v) is 5.86. The summed E-state index contributed by atoms with van der Waals surface area (Å²) in [6, 6.07) is 0.